The van der Waals surface area contributed by atoms with E-state index < -0.39 is 11.7 Å². The summed E-state index contributed by atoms with van der Waals surface area (Å²) in [6, 6.07) is 1.69. The van der Waals surface area contributed by atoms with Crippen LogP contribution in [0.4, 0.5) is 13.2 Å². The molecular weight excluding hydrogens is 255 g/mol. The summed E-state index contributed by atoms with van der Waals surface area (Å²) in [4.78, 5) is 12.5. The van der Waals surface area contributed by atoms with Crippen molar-refractivity contribution in [1.82, 2.24) is 15.0 Å². The second-order valence-corrected chi connectivity index (χ2v) is 4.24. The van der Waals surface area contributed by atoms with Crippen molar-refractivity contribution in [2.75, 3.05) is 0 Å². The van der Waals surface area contributed by atoms with E-state index in [9.17, 15) is 13.2 Å². The molecule has 2 aromatic heterocycles. The van der Waals surface area contributed by atoms with Crippen molar-refractivity contribution in [3.05, 3.63) is 42.0 Å². The van der Waals surface area contributed by atoms with Gasteiger partial charge in [-0.3, -0.25) is 9.97 Å². The zero-order valence-electron chi connectivity index (χ0n) is 10.3. The Bertz CT molecular complexity index is 620. The number of fused-ring (bicyclic) bond motifs is 1. The lowest BCUT2D eigenvalue weighted by Gasteiger charge is -2.10. The van der Waals surface area contributed by atoms with E-state index in [1.807, 2.05) is 0 Å². The summed E-state index contributed by atoms with van der Waals surface area (Å²) in [5, 5.41) is 0. The van der Waals surface area contributed by atoms with E-state index in [0.29, 0.717) is 16.7 Å². The van der Waals surface area contributed by atoms with Crippen molar-refractivity contribution in [2.45, 2.75) is 25.9 Å². The van der Waals surface area contributed by atoms with Crippen LogP contribution in [0.1, 0.15) is 17.8 Å². The largest absolute Gasteiger partial charge is 0.412 e. The number of allylic oxidation sites excluding steroid dienone is 1. The molecular formula is C13H12F3N3. The minimum Gasteiger partial charge on any atom is -0.259 e. The molecule has 19 heavy (non-hydrogen) atoms. The number of pyridine rings is 1. The van der Waals surface area contributed by atoms with Crippen molar-refractivity contribution < 1.29 is 13.2 Å². The highest BCUT2D eigenvalue weighted by Crippen LogP contribution is 2.28. The van der Waals surface area contributed by atoms with Gasteiger partial charge in [-0.1, -0.05) is 6.58 Å². The van der Waals surface area contributed by atoms with Crippen LogP contribution in [0.3, 0.4) is 0 Å². The minimum absolute atomic E-state index is 0.146. The Morgan fingerprint density at radius 1 is 1.32 bits per heavy atom. The Morgan fingerprint density at radius 3 is 2.74 bits per heavy atom. The zero-order chi connectivity index (χ0) is 14.0. The first kappa shape index (κ1) is 13.5. The molecule has 0 aliphatic heterocycles. The van der Waals surface area contributed by atoms with Crippen LogP contribution in [-0.4, -0.2) is 21.1 Å². The van der Waals surface area contributed by atoms with E-state index in [2.05, 4.69) is 21.5 Å². The molecule has 0 unspecified atom stereocenters. The molecule has 0 bridgehead atoms. The molecule has 0 radical (unpaired) electrons. The highest BCUT2D eigenvalue weighted by Gasteiger charge is 2.31. The average molecular weight is 267 g/mol. The van der Waals surface area contributed by atoms with Crippen molar-refractivity contribution >= 4 is 11.0 Å². The third kappa shape index (κ3) is 3.07. The Hall–Kier alpha value is -1.98. The molecule has 0 N–H and O–H groups in total. The lowest BCUT2D eigenvalue weighted by molar-refractivity contribution is -0.0935. The fourth-order valence-corrected chi connectivity index (χ4v) is 1.69. The second-order valence-electron chi connectivity index (χ2n) is 4.24. The molecule has 2 aromatic rings. The Morgan fingerprint density at radius 2 is 2.05 bits per heavy atom. The van der Waals surface area contributed by atoms with E-state index in [1.54, 1.807) is 19.2 Å². The fraction of sp³-hybridized carbons (Fsp3) is 0.308. The lowest BCUT2D eigenvalue weighted by Crippen LogP contribution is -2.11. The summed E-state index contributed by atoms with van der Waals surface area (Å²) in [5.41, 5.74) is 1.69. The first-order valence-corrected chi connectivity index (χ1v) is 5.70. The third-order valence-electron chi connectivity index (χ3n) is 2.72. The molecule has 6 heteroatoms. The molecule has 2 heterocycles. The fourth-order valence-electron chi connectivity index (χ4n) is 1.69. The maximum atomic E-state index is 12.4. The number of hydrogen-bond acceptors (Lipinski definition) is 3. The Balaban J connectivity index is 2.24. The number of aryl methyl sites for hydroxylation is 2. The summed E-state index contributed by atoms with van der Waals surface area (Å²) >= 11 is 0. The van der Waals surface area contributed by atoms with Gasteiger partial charge in [-0.2, -0.15) is 13.2 Å². The summed E-state index contributed by atoms with van der Waals surface area (Å²) in [5.74, 6) is 0. The Kier molecular flexibility index (Phi) is 3.50. The van der Waals surface area contributed by atoms with Crippen LogP contribution in [-0.2, 0) is 6.42 Å². The monoisotopic (exact) mass is 267 g/mol. The summed E-state index contributed by atoms with van der Waals surface area (Å²) in [6.07, 6.45) is -1.29. The number of rotatable bonds is 3. The first-order chi connectivity index (χ1) is 8.88. The first-order valence-electron chi connectivity index (χ1n) is 5.70. The quantitative estimate of drug-likeness (QED) is 0.800. The average Bonchev–Trinajstić information content (AvgIpc) is 2.34. The normalized spacial score (nSPS) is 11.8. The highest BCUT2D eigenvalue weighted by atomic mass is 19.4. The van der Waals surface area contributed by atoms with E-state index in [-0.39, 0.29) is 12.8 Å². The van der Waals surface area contributed by atoms with Crippen molar-refractivity contribution in [3.8, 4) is 0 Å². The Labute approximate surface area is 108 Å². The van der Waals surface area contributed by atoms with Gasteiger partial charge in [0, 0.05) is 18.0 Å². The number of hydrogen-bond donors (Lipinski definition) is 0. The summed E-state index contributed by atoms with van der Waals surface area (Å²) in [6.45, 7) is 4.85. The molecule has 0 amide bonds. The van der Waals surface area contributed by atoms with Gasteiger partial charge in [0.05, 0.1) is 16.9 Å². The van der Waals surface area contributed by atoms with Crippen molar-refractivity contribution in [3.63, 3.8) is 0 Å². The van der Waals surface area contributed by atoms with Crippen LogP contribution in [0.5, 0.6) is 0 Å². The standard InChI is InChI=1S/C13H12F3N3/c1-8(13(14,15)16)3-4-10-12-11(5-6-17-10)19-9(2)7-18-12/h5-7H,1,3-4H2,2H3. The molecule has 0 fully saturated rings. The molecule has 0 aromatic carbocycles. The van der Waals surface area contributed by atoms with Crippen LogP contribution in [0.2, 0.25) is 0 Å². The number of halogens is 3. The van der Waals surface area contributed by atoms with E-state index in [1.165, 1.54) is 6.20 Å². The zero-order valence-corrected chi connectivity index (χ0v) is 10.3. The second kappa shape index (κ2) is 4.95. The van der Waals surface area contributed by atoms with Gasteiger partial charge in [-0.25, -0.2) is 4.98 Å². The van der Waals surface area contributed by atoms with Crippen LogP contribution >= 0.6 is 0 Å². The molecule has 0 spiro atoms. The van der Waals surface area contributed by atoms with Crippen molar-refractivity contribution in [1.29, 1.82) is 0 Å². The maximum Gasteiger partial charge on any atom is 0.412 e. The van der Waals surface area contributed by atoms with E-state index in [0.717, 1.165) is 5.69 Å². The molecule has 0 aliphatic carbocycles. The number of alkyl halides is 3. The maximum absolute atomic E-state index is 12.4. The van der Waals surface area contributed by atoms with Crippen LogP contribution in [0.25, 0.3) is 11.0 Å². The SMILES string of the molecule is C=C(CCc1nccc2nc(C)cnc12)C(F)(F)F. The van der Waals surface area contributed by atoms with Gasteiger partial charge in [0.15, 0.2) is 0 Å². The molecule has 2 rings (SSSR count). The molecule has 0 atom stereocenters. The molecule has 100 valence electrons. The third-order valence-corrected chi connectivity index (χ3v) is 2.72. The van der Waals surface area contributed by atoms with Crippen LogP contribution in [0, 0.1) is 6.92 Å². The van der Waals surface area contributed by atoms with Gasteiger partial charge in [0.1, 0.15) is 5.52 Å². The summed E-state index contributed by atoms with van der Waals surface area (Å²) in [7, 11) is 0. The van der Waals surface area contributed by atoms with Gasteiger partial charge >= 0.3 is 6.18 Å². The topological polar surface area (TPSA) is 38.7 Å². The van der Waals surface area contributed by atoms with Gasteiger partial charge in [-0.15, -0.1) is 0 Å². The van der Waals surface area contributed by atoms with Gasteiger partial charge in [0.2, 0.25) is 0 Å². The van der Waals surface area contributed by atoms with Crippen LogP contribution in [0.15, 0.2) is 30.6 Å². The molecule has 0 saturated heterocycles. The number of aromatic nitrogens is 3. The smallest absolute Gasteiger partial charge is 0.259 e. The van der Waals surface area contributed by atoms with Crippen LogP contribution < -0.4 is 0 Å². The molecule has 0 aliphatic rings. The van der Waals surface area contributed by atoms with E-state index in [4.69, 9.17) is 0 Å². The summed E-state index contributed by atoms with van der Waals surface area (Å²) < 4.78 is 37.1. The predicted molar refractivity (Wildman–Crippen MR) is 65.6 cm³/mol. The van der Waals surface area contributed by atoms with Crippen molar-refractivity contribution in [2.24, 2.45) is 0 Å². The minimum atomic E-state index is -4.35. The number of nitrogens with zero attached hydrogens (tertiary/aromatic N) is 3. The van der Waals surface area contributed by atoms with Gasteiger partial charge < -0.3 is 0 Å². The highest BCUT2D eigenvalue weighted by molar-refractivity contribution is 5.76. The van der Waals surface area contributed by atoms with Gasteiger partial charge in [0.25, 0.3) is 0 Å². The predicted octanol–water partition coefficient (Wildman–Crippen LogP) is 3.38. The molecule has 3 nitrogen and oxygen atoms in total. The molecule has 0 saturated carbocycles. The van der Waals surface area contributed by atoms with Gasteiger partial charge in [-0.05, 0) is 25.8 Å². The lowest BCUT2D eigenvalue weighted by atomic mass is 10.1. The van der Waals surface area contributed by atoms with E-state index >= 15 is 0 Å².